The monoisotopic (exact) mass is 332 g/mol. The maximum atomic E-state index is 9.77. The van der Waals surface area contributed by atoms with Gasteiger partial charge in [0.2, 0.25) is 0 Å². The molecule has 2 unspecified atom stereocenters. The molecule has 17 heavy (non-hydrogen) atoms. The molecule has 0 saturated carbocycles. The second-order valence-corrected chi connectivity index (χ2v) is 2.79. The van der Waals surface area contributed by atoms with Crippen molar-refractivity contribution in [3.05, 3.63) is 0 Å². The van der Waals surface area contributed by atoms with E-state index < -0.39 is 34.5 Å². The van der Waals surface area contributed by atoms with E-state index in [0.29, 0.717) is 0 Å². The van der Waals surface area contributed by atoms with E-state index in [0.717, 1.165) is 0 Å². The number of hydrogen-bond donors (Lipinski definition) is 4. The van der Waals surface area contributed by atoms with Gasteiger partial charge in [0.15, 0.2) is 12.2 Å². The van der Waals surface area contributed by atoms with Crippen LogP contribution in [0.5, 0.6) is 0 Å². The molecule has 0 saturated heterocycles. The third-order valence-electron chi connectivity index (χ3n) is 0.805. The maximum Gasteiger partial charge on any atom is 1.00 e. The molecule has 0 heterocycles. The largest absolute Gasteiger partial charge is 1.00 e. The average molecular weight is 333 g/mol. The molecule has 0 aliphatic rings. The van der Waals surface area contributed by atoms with Crippen molar-refractivity contribution in [2.45, 2.75) is 12.2 Å². The molecule has 0 aromatic heterocycles. The zero-order valence-electron chi connectivity index (χ0n) is 8.10. The average Bonchev–Trinajstić information content (AvgIpc) is 1.98. The van der Waals surface area contributed by atoms with E-state index in [2.05, 4.69) is 0 Å². The fraction of sp³-hybridized carbons (Fsp3) is 0.500. The third kappa shape index (κ3) is 22.0. The van der Waals surface area contributed by atoms with Crippen molar-refractivity contribution in [1.82, 2.24) is 0 Å². The van der Waals surface area contributed by atoms with Crippen LogP contribution in [0.4, 0.5) is 0 Å². The summed E-state index contributed by atoms with van der Waals surface area (Å²) in [7, 11) is -5.17. The fourth-order valence-electron chi connectivity index (χ4n) is 0.270. The van der Waals surface area contributed by atoms with E-state index in [4.69, 9.17) is 37.9 Å². The Kier molecular flexibility index (Phi) is 17.3. The van der Waals surface area contributed by atoms with Crippen LogP contribution in [0.15, 0.2) is 0 Å². The Bertz CT molecular complexity index is 301. The van der Waals surface area contributed by atoms with Crippen LogP contribution in [0.25, 0.3) is 0 Å². The molecule has 0 fully saturated rings. The molecule has 13 heteroatoms. The molecular formula is C4H6CuNaO10S. The number of carboxylic acids is 2. The smallest absolute Gasteiger partial charge is 0.759 e. The first-order valence-electron chi connectivity index (χ1n) is 2.95. The predicted molar refractivity (Wildman–Crippen MR) is 37.8 cm³/mol. The van der Waals surface area contributed by atoms with Gasteiger partial charge >= 0.3 is 58.6 Å². The molecule has 0 aliphatic heterocycles. The normalized spacial score (nSPS) is 12.7. The minimum Gasteiger partial charge on any atom is -0.759 e. The van der Waals surface area contributed by atoms with Gasteiger partial charge in [0.05, 0.1) is 0 Å². The second kappa shape index (κ2) is 11.3. The Morgan fingerprint density at radius 2 is 1.06 bits per heavy atom. The molecule has 0 aromatic carbocycles. The van der Waals surface area contributed by atoms with Crippen molar-refractivity contribution in [3.8, 4) is 0 Å². The molecule has 2 atom stereocenters. The van der Waals surface area contributed by atoms with Gasteiger partial charge in [-0.25, -0.2) is 9.59 Å². The Morgan fingerprint density at radius 3 is 1.12 bits per heavy atom. The van der Waals surface area contributed by atoms with Gasteiger partial charge in [0.1, 0.15) is 0 Å². The number of aliphatic hydroxyl groups excluding tert-OH is 2. The Labute approximate surface area is 128 Å². The second-order valence-electron chi connectivity index (χ2n) is 1.97. The van der Waals surface area contributed by atoms with E-state index in [1.54, 1.807) is 0 Å². The summed E-state index contributed by atoms with van der Waals surface area (Å²) in [5.41, 5.74) is 0. The van der Waals surface area contributed by atoms with Gasteiger partial charge in [-0.05, 0) is 0 Å². The maximum absolute atomic E-state index is 9.77. The fourth-order valence-corrected chi connectivity index (χ4v) is 0.270. The molecule has 0 amide bonds. The van der Waals surface area contributed by atoms with Crippen molar-refractivity contribution in [2.24, 2.45) is 0 Å². The summed E-state index contributed by atoms with van der Waals surface area (Å²) >= 11 is 0. The molecule has 0 aliphatic carbocycles. The number of aliphatic carboxylic acids is 2. The van der Waals surface area contributed by atoms with Crippen molar-refractivity contribution in [3.63, 3.8) is 0 Å². The van der Waals surface area contributed by atoms with E-state index in [1.807, 2.05) is 0 Å². The van der Waals surface area contributed by atoms with Crippen LogP contribution in [0.3, 0.4) is 0 Å². The first-order valence-corrected chi connectivity index (χ1v) is 4.28. The van der Waals surface area contributed by atoms with Gasteiger partial charge in [-0.1, -0.05) is 0 Å². The molecular weight excluding hydrogens is 327 g/mol. The first-order chi connectivity index (χ1) is 6.46. The van der Waals surface area contributed by atoms with Crippen LogP contribution in [0.1, 0.15) is 0 Å². The van der Waals surface area contributed by atoms with Crippen molar-refractivity contribution in [1.29, 1.82) is 0 Å². The van der Waals surface area contributed by atoms with Crippen molar-refractivity contribution >= 4 is 22.3 Å². The number of carbonyl (C=O) groups is 2. The first kappa shape index (κ1) is 25.9. The van der Waals surface area contributed by atoms with Crippen LogP contribution < -0.4 is 29.6 Å². The van der Waals surface area contributed by atoms with E-state index >= 15 is 0 Å². The summed E-state index contributed by atoms with van der Waals surface area (Å²) in [5, 5.41) is 32.5. The van der Waals surface area contributed by atoms with Gasteiger partial charge in [-0.3, -0.25) is 8.42 Å². The molecule has 4 N–H and O–H groups in total. The zero-order chi connectivity index (χ0) is 12.8. The summed E-state index contributed by atoms with van der Waals surface area (Å²) < 4.78 is 34.1. The number of carboxylic acid groups (broad SMARTS) is 2. The number of rotatable bonds is 3. The molecule has 0 rings (SSSR count). The Balaban J connectivity index is -0.000000105. The van der Waals surface area contributed by atoms with Crippen LogP contribution >= 0.6 is 0 Å². The number of aliphatic hydroxyl groups is 2. The third-order valence-corrected chi connectivity index (χ3v) is 0.805. The minimum atomic E-state index is -5.17. The van der Waals surface area contributed by atoms with Crippen LogP contribution in [-0.2, 0) is 37.1 Å². The van der Waals surface area contributed by atoms with Crippen LogP contribution in [-0.4, -0.2) is 62.1 Å². The number of hydrogen-bond acceptors (Lipinski definition) is 8. The van der Waals surface area contributed by atoms with Gasteiger partial charge < -0.3 is 29.5 Å². The van der Waals surface area contributed by atoms with E-state index in [1.165, 1.54) is 0 Å². The quantitative estimate of drug-likeness (QED) is 0.219. The summed E-state index contributed by atoms with van der Waals surface area (Å²) in [5.74, 6) is -3.54. The molecule has 0 radical (unpaired) electrons. The van der Waals surface area contributed by atoms with Gasteiger partial charge in [0.25, 0.3) is 0 Å². The Hall–Kier alpha value is 0.249. The predicted octanol–water partition coefficient (Wildman–Crippen LogP) is -6.46. The Morgan fingerprint density at radius 1 is 0.941 bits per heavy atom. The molecule has 0 spiro atoms. The summed E-state index contributed by atoms with van der Waals surface area (Å²) in [6.45, 7) is 0. The summed E-state index contributed by atoms with van der Waals surface area (Å²) in [6.07, 6.45) is -4.53. The molecule has 0 aromatic rings. The van der Waals surface area contributed by atoms with Gasteiger partial charge in [-0.2, -0.15) is 0 Å². The van der Waals surface area contributed by atoms with Crippen molar-refractivity contribution < 1.29 is 94.2 Å². The zero-order valence-corrected chi connectivity index (χ0v) is 11.9. The summed E-state index contributed by atoms with van der Waals surface area (Å²) in [4.78, 5) is 19.5. The standard InChI is InChI=1S/C4H6O6.Cu.Na.H2O4S/c5-1(3(7)8)2(6)4(9)10;;;1-5(2,3)4/h1-2,5-6H,(H,7,8)(H,9,10);;;(H2,1,2,3,4)/q;2*+1;/p-2. The van der Waals surface area contributed by atoms with Crippen molar-refractivity contribution in [2.75, 3.05) is 0 Å². The summed E-state index contributed by atoms with van der Waals surface area (Å²) in [6, 6.07) is 0. The van der Waals surface area contributed by atoms with E-state index in [-0.39, 0.29) is 46.6 Å². The van der Waals surface area contributed by atoms with Crippen LogP contribution in [0.2, 0.25) is 0 Å². The molecule has 100 valence electrons. The minimum absolute atomic E-state index is 0. The molecule has 0 bridgehead atoms. The topological polar surface area (TPSA) is 195 Å². The molecule has 10 nitrogen and oxygen atoms in total. The van der Waals surface area contributed by atoms with Gasteiger partial charge in [0, 0.05) is 10.4 Å². The van der Waals surface area contributed by atoms with Gasteiger partial charge in [-0.15, -0.1) is 0 Å². The SMILES string of the molecule is O=C(O)C(O)C(O)C(=O)O.O=S(=O)([O-])[O-].[Cu+].[Na+]. The van der Waals surface area contributed by atoms with E-state index in [9.17, 15) is 9.59 Å². The van der Waals surface area contributed by atoms with Crippen LogP contribution in [0, 0.1) is 0 Å².